The molecular weight excluding hydrogens is 302 g/mol. The summed E-state index contributed by atoms with van der Waals surface area (Å²) < 4.78 is 0. The van der Waals surface area contributed by atoms with Gasteiger partial charge >= 0.3 is 0 Å². The predicted molar refractivity (Wildman–Crippen MR) is 96.8 cm³/mol. The topological polar surface area (TPSA) is 62.3 Å². The van der Waals surface area contributed by atoms with Crippen molar-refractivity contribution >= 4 is 23.2 Å². The van der Waals surface area contributed by atoms with Crippen LogP contribution in [0.1, 0.15) is 47.4 Å². The molecule has 2 rings (SSSR count). The smallest absolute Gasteiger partial charge is 0.257 e. The van der Waals surface area contributed by atoms with E-state index in [0.717, 1.165) is 25.2 Å². The van der Waals surface area contributed by atoms with Gasteiger partial charge in [0.15, 0.2) is 5.78 Å². The van der Waals surface area contributed by atoms with Gasteiger partial charge in [-0.15, -0.1) is 0 Å². The SMILES string of the molecule is CCCCN(C)c1ccc(C(=O)Nc2ccc(C(C)=O)cc2)cn1. The van der Waals surface area contributed by atoms with Crippen LogP contribution in [0.4, 0.5) is 11.5 Å². The van der Waals surface area contributed by atoms with Gasteiger partial charge in [0.2, 0.25) is 0 Å². The van der Waals surface area contributed by atoms with Gasteiger partial charge in [-0.2, -0.15) is 0 Å². The molecule has 2 aromatic rings. The second-order valence-corrected chi connectivity index (χ2v) is 5.77. The number of benzene rings is 1. The first-order valence-corrected chi connectivity index (χ1v) is 8.10. The number of unbranched alkanes of at least 4 members (excludes halogenated alkanes) is 1. The summed E-state index contributed by atoms with van der Waals surface area (Å²) in [6.45, 7) is 4.60. The zero-order valence-electron chi connectivity index (χ0n) is 14.4. The van der Waals surface area contributed by atoms with E-state index in [0.29, 0.717) is 16.8 Å². The Labute approximate surface area is 142 Å². The van der Waals surface area contributed by atoms with E-state index in [1.165, 1.54) is 6.92 Å². The number of hydrogen-bond donors (Lipinski definition) is 1. The monoisotopic (exact) mass is 325 g/mol. The van der Waals surface area contributed by atoms with Gasteiger partial charge in [-0.05, 0) is 49.7 Å². The average Bonchev–Trinajstić information content (AvgIpc) is 2.60. The number of anilines is 2. The molecule has 1 aromatic carbocycles. The lowest BCUT2D eigenvalue weighted by Gasteiger charge is -2.17. The van der Waals surface area contributed by atoms with Crippen LogP contribution in [-0.4, -0.2) is 30.3 Å². The number of Topliss-reactive ketones (excluding diaryl/α,β-unsaturated/α-hetero) is 1. The number of amides is 1. The molecule has 5 heteroatoms. The van der Waals surface area contributed by atoms with E-state index in [2.05, 4.69) is 22.1 Å². The normalized spacial score (nSPS) is 10.3. The standard InChI is InChI=1S/C19H23N3O2/c1-4-5-12-22(3)18-11-8-16(13-20-18)19(24)21-17-9-6-15(7-10-17)14(2)23/h6-11,13H,4-5,12H2,1-3H3,(H,21,24). The Morgan fingerprint density at radius 3 is 2.29 bits per heavy atom. The number of nitrogens with one attached hydrogen (secondary N) is 1. The van der Waals surface area contributed by atoms with Crippen LogP contribution < -0.4 is 10.2 Å². The van der Waals surface area contributed by atoms with Crippen molar-refractivity contribution in [1.82, 2.24) is 4.98 Å². The van der Waals surface area contributed by atoms with E-state index in [1.807, 2.05) is 13.1 Å². The van der Waals surface area contributed by atoms with Gasteiger partial charge in [0, 0.05) is 31.0 Å². The summed E-state index contributed by atoms with van der Waals surface area (Å²) >= 11 is 0. The maximum Gasteiger partial charge on any atom is 0.257 e. The Hall–Kier alpha value is -2.69. The molecule has 126 valence electrons. The van der Waals surface area contributed by atoms with Gasteiger partial charge in [-0.25, -0.2) is 4.98 Å². The van der Waals surface area contributed by atoms with Crippen LogP contribution >= 0.6 is 0 Å². The molecule has 5 nitrogen and oxygen atoms in total. The highest BCUT2D eigenvalue weighted by molar-refractivity contribution is 6.04. The van der Waals surface area contributed by atoms with Gasteiger partial charge in [-0.1, -0.05) is 13.3 Å². The molecular formula is C19H23N3O2. The van der Waals surface area contributed by atoms with Crippen LogP contribution in [0.25, 0.3) is 0 Å². The second kappa shape index (κ2) is 8.24. The molecule has 1 N–H and O–H groups in total. The molecule has 0 radical (unpaired) electrons. The van der Waals surface area contributed by atoms with Crippen LogP contribution in [-0.2, 0) is 0 Å². The molecule has 0 saturated carbocycles. The Bertz CT molecular complexity index is 694. The van der Waals surface area contributed by atoms with Crippen molar-refractivity contribution in [2.24, 2.45) is 0 Å². The first kappa shape index (κ1) is 17.7. The summed E-state index contributed by atoms with van der Waals surface area (Å²) in [6, 6.07) is 10.4. The lowest BCUT2D eigenvalue weighted by Crippen LogP contribution is -2.20. The zero-order chi connectivity index (χ0) is 17.5. The number of nitrogens with zero attached hydrogens (tertiary/aromatic N) is 2. The molecule has 0 spiro atoms. The molecule has 0 atom stereocenters. The van der Waals surface area contributed by atoms with E-state index in [9.17, 15) is 9.59 Å². The lowest BCUT2D eigenvalue weighted by molar-refractivity contribution is 0.101. The van der Waals surface area contributed by atoms with Crippen LogP contribution in [0.5, 0.6) is 0 Å². The van der Waals surface area contributed by atoms with Crippen molar-refractivity contribution < 1.29 is 9.59 Å². The molecule has 24 heavy (non-hydrogen) atoms. The Kier molecular flexibility index (Phi) is 6.07. The van der Waals surface area contributed by atoms with E-state index < -0.39 is 0 Å². The highest BCUT2D eigenvalue weighted by Gasteiger charge is 2.09. The van der Waals surface area contributed by atoms with Gasteiger partial charge in [0.1, 0.15) is 5.82 Å². The third-order valence-electron chi connectivity index (χ3n) is 3.80. The van der Waals surface area contributed by atoms with Crippen LogP contribution in [0, 0.1) is 0 Å². The van der Waals surface area contributed by atoms with Crippen LogP contribution in [0.15, 0.2) is 42.6 Å². The Morgan fingerprint density at radius 2 is 1.75 bits per heavy atom. The van der Waals surface area contributed by atoms with Gasteiger partial charge in [0.25, 0.3) is 5.91 Å². The van der Waals surface area contributed by atoms with E-state index in [4.69, 9.17) is 0 Å². The van der Waals surface area contributed by atoms with Gasteiger partial charge in [0.05, 0.1) is 5.56 Å². The van der Waals surface area contributed by atoms with Crippen LogP contribution in [0.3, 0.4) is 0 Å². The molecule has 0 aliphatic rings. The largest absolute Gasteiger partial charge is 0.360 e. The minimum absolute atomic E-state index is 0.000131. The fourth-order valence-corrected chi connectivity index (χ4v) is 2.25. The molecule has 0 unspecified atom stereocenters. The first-order chi connectivity index (χ1) is 11.5. The number of aromatic nitrogens is 1. The van der Waals surface area contributed by atoms with Crippen LogP contribution in [0.2, 0.25) is 0 Å². The maximum atomic E-state index is 12.3. The summed E-state index contributed by atoms with van der Waals surface area (Å²) in [5.41, 5.74) is 1.77. The number of rotatable bonds is 7. The highest BCUT2D eigenvalue weighted by atomic mass is 16.1. The minimum atomic E-state index is -0.221. The quantitative estimate of drug-likeness (QED) is 0.787. The second-order valence-electron chi connectivity index (χ2n) is 5.77. The summed E-state index contributed by atoms with van der Waals surface area (Å²) in [6.07, 6.45) is 3.82. The Balaban J connectivity index is 2.00. The molecule has 0 aliphatic carbocycles. The fraction of sp³-hybridized carbons (Fsp3) is 0.316. The van der Waals surface area contributed by atoms with Crippen molar-refractivity contribution in [3.8, 4) is 0 Å². The third-order valence-corrected chi connectivity index (χ3v) is 3.80. The summed E-state index contributed by atoms with van der Waals surface area (Å²) in [5, 5.41) is 2.80. The van der Waals surface area contributed by atoms with Crippen molar-refractivity contribution in [1.29, 1.82) is 0 Å². The highest BCUT2D eigenvalue weighted by Crippen LogP contribution is 2.14. The first-order valence-electron chi connectivity index (χ1n) is 8.10. The number of pyridine rings is 1. The third kappa shape index (κ3) is 4.65. The molecule has 0 bridgehead atoms. The maximum absolute atomic E-state index is 12.3. The average molecular weight is 325 g/mol. The van der Waals surface area contributed by atoms with Crippen molar-refractivity contribution in [3.05, 3.63) is 53.7 Å². The summed E-state index contributed by atoms with van der Waals surface area (Å²) in [4.78, 5) is 29.9. The fourth-order valence-electron chi connectivity index (χ4n) is 2.25. The molecule has 0 aliphatic heterocycles. The van der Waals surface area contributed by atoms with E-state index in [-0.39, 0.29) is 11.7 Å². The predicted octanol–water partition coefficient (Wildman–Crippen LogP) is 3.77. The number of hydrogen-bond acceptors (Lipinski definition) is 4. The van der Waals surface area contributed by atoms with Gasteiger partial charge in [-0.3, -0.25) is 9.59 Å². The molecule has 0 fully saturated rings. The molecule has 1 amide bonds. The molecule has 1 aromatic heterocycles. The number of carbonyl (C=O) groups excluding carboxylic acids is 2. The van der Waals surface area contributed by atoms with Crippen molar-refractivity contribution in [2.45, 2.75) is 26.7 Å². The lowest BCUT2D eigenvalue weighted by atomic mass is 10.1. The van der Waals surface area contributed by atoms with E-state index >= 15 is 0 Å². The molecule has 1 heterocycles. The molecule has 0 saturated heterocycles. The zero-order valence-corrected chi connectivity index (χ0v) is 14.4. The number of ketones is 1. The summed E-state index contributed by atoms with van der Waals surface area (Å²) in [5.74, 6) is 0.631. The number of carbonyl (C=O) groups is 2. The van der Waals surface area contributed by atoms with Crippen molar-refractivity contribution in [2.75, 3.05) is 23.8 Å². The Morgan fingerprint density at radius 1 is 1.08 bits per heavy atom. The van der Waals surface area contributed by atoms with Crippen molar-refractivity contribution in [3.63, 3.8) is 0 Å². The minimum Gasteiger partial charge on any atom is -0.360 e. The summed E-state index contributed by atoms with van der Waals surface area (Å²) in [7, 11) is 1.99. The van der Waals surface area contributed by atoms with E-state index in [1.54, 1.807) is 36.5 Å². The van der Waals surface area contributed by atoms with Gasteiger partial charge < -0.3 is 10.2 Å².